The first-order valence-electron chi connectivity index (χ1n) is 11.3. The van der Waals surface area contributed by atoms with Crippen LogP contribution in [0.25, 0.3) is 11.3 Å². The molecule has 7 nitrogen and oxygen atoms in total. The second-order valence-electron chi connectivity index (χ2n) is 8.13. The van der Waals surface area contributed by atoms with Gasteiger partial charge in [0.25, 0.3) is 0 Å². The van der Waals surface area contributed by atoms with Gasteiger partial charge >= 0.3 is 0 Å². The summed E-state index contributed by atoms with van der Waals surface area (Å²) in [6, 6.07) is 11.3. The Morgan fingerprint density at radius 3 is 2.81 bits per heavy atom. The summed E-state index contributed by atoms with van der Waals surface area (Å²) in [6.45, 7) is 5.49. The van der Waals surface area contributed by atoms with Crippen molar-refractivity contribution in [3.63, 3.8) is 0 Å². The molecule has 0 aliphatic carbocycles. The van der Waals surface area contributed by atoms with Crippen molar-refractivity contribution in [2.75, 3.05) is 18.5 Å². The van der Waals surface area contributed by atoms with Crippen LogP contribution in [0.5, 0.6) is 11.5 Å². The Kier molecular flexibility index (Phi) is 7.04. The predicted octanol–water partition coefficient (Wildman–Crippen LogP) is 4.79. The molecule has 32 heavy (non-hydrogen) atoms. The fraction of sp³-hybridized carbons (Fsp3) is 0.400. The Labute approximate surface area is 188 Å². The first-order chi connectivity index (χ1) is 15.7. The third kappa shape index (κ3) is 5.28. The molecule has 1 atom stereocenters. The van der Waals surface area contributed by atoms with Crippen molar-refractivity contribution in [2.24, 2.45) is 5.92 Å². The molecule has 168 valence electrons. The van der Waals surface area contributed by atoms with E-state index in [1.165, 1.54) is 12.8 Å². The number of hydrogen-bond acceptors (Lipinski definition) is 5. The molecule has 0 saturated carbocycles. The Morgan fingerprint density at radius 2 is 2.00 bits per heavy atom. The van der Waals surface area contributed by atoms with Crippen LogP contribution in [0.3, 0.4) is 0 Å². The number of carbonyl (C=O) groups excluding carboxylic acids is 1. The maximum absolute atomic E-state index is 12.7. The van der Waals surface area contributed by atoms with Crippen LogP contribution in [0.4, 0.5) is 5.69 Å². The molecule has 1 amide bonds. The van der Waals surface area contributed by atoms with Gasteiger partial charge in [-0.2, -0.15) is 5.10 Å². The van der Waals surface area contributed by atoms with Crippen molar-refractivity contribution in [2.45, 2.75) is 46.0 Å². The Balaban J connectivity index is 1.45. The molecule has 0 radical (unpaired) electrons. The van der Waals surface area contributed by atoms with Crippen LogP contribution >= 0.6 is 0 Å². The number of amides is 1. The number of rotatable bonds is 9. The molecule has 3 heterocycles. The molecular formula is C25H30N4O3. The first kappa shape index (κ1) is 21.9. The van der Waals surface area contributed by atoms with Crippen molar-refractivity contribution < 1.29 is 14.3 Å². The Hall–Kier alpha value is -3.35. The van der Waals surface area contributed by atoms with E-state index in [4.69, 9.17) is 9.47 Å². The molecule has 3 aromatic rings. The number of fused-ring (bicyclic) bond motifs is 1. The van der Waals surface area contributed by atoms with Crippen LogP contribution in [0.1, 0.15) is 44.5 Å². The number of H-pyrrole nitrogens is 1. The average Bonchev–Trinajstić information content (AvgIpc) is 3.27. The number of nitrogens with one attached hydrogen (secondary N) is 2. The molecule has 4 rings (SSSR count). The van der Waals surface area contributed by atoms with E-state index in [0.717, 1.165) is 29.8 Å². The van der Waals surface area contributed by atoms with Gasteiger partial charge in [-0.1, -0.05) is 33.1 Å². The van der Waals surface area contributed by atoms with Crippen LogP contribution < -0.4 is 14.8 Å². The highest BCUT2D eigenvalue weighted by Gasteiger charge is 2.16. The lowest BCUT2D eigenvalue weighted by molar-refractivity contribution is -0.115. The van der Waals surface area contributed by atoms with Crippen LogP contribution in [-0.2, 0) is 17.6 Å². The number of hydrogen-bond donors (Lipinski definition) is 2. The maximum atomic E-state index is 12.7. The number of benzene rings is 1. The van der Waals surface area contributed by atoms with E-state index in [9.17, 15) is 4.79 Å². The predicted molar refractivity (Wildman–Crippen MR) is 124 cm³/mol. The van der Waals surface area contributed by atoms with E-state index in [0.29, 0.717) is 42.0 Å². The molecule has 2 N–H and O–H groups in total. The molecule has 2 aromatic heterocycles. The molecule has 1 aliphatic rings. The number of aromatic nitrogens is 3. The van der Waals surface area contributed by atoms with Gasteiger partial charge in [-0.05, 0) is 42.7 Å². The highest BCUT2D eigenvalue weighted by atomic mass is 16.6. The number of nitrogens with zero attached hydrogens (tertiary/aromatic N) is 2. The summed E-state index contributed by atoms with van der Waals surface area (Å²) >= 11 is 0. The van der Waals surface area contributed by atoms with E-state index in [-0.39, 0.29) is 12.3 Å². The minimum atomic E-state index is -0.147. The summed E-state index contributed by atoms with van der Waals surface area (Å²) in [5, 5.41) is 10.6. The lowest BCUT2D eigenvalue weighted by atomic mass is 9.95. The number of carbonyl (C=O) groups is 1. The summed E-state index contributed by atoms with van der Waals surface area (Å²) in [5.41, 5.74) is 4.18. The van der Waals surface area contributed by atoms with Crippen molar-refractivity contribution >= 4 is 11.6 Å². The normalized spacial score (nSPS) is 13.6. The van der Waals surface area contributed by atoms with Gasteiger partial charge < -0.3 is 14.8 Å². The molecule has 0 bridgehead atoms. The summed E-state index contributed by atoms with van der Waals surface area (Å²) in [5.74, 6) is 1.84. The average molecular weight is 435 g/mol. The van der Waals surface area contributed by atoms with E-state index < -0.39 is 0 Å². The SMILES string of the molecule is CCCC(CC)Cc1cc(-c2cccnc2CC(=O)Nc2ccc3c(c2)OCCO3)n[nH]1. The Bertz CT molecular complexity index is 1060. The summed E-state index contributed by atoms with van der Waals surface area (Å²) < 4.78 is 11.1. The smallest absolute Gasteiger partial charge is 0.230 e. The number of anilines is 1. The van der Waals surface area contributed by atoms with Crippen molar-refractivity contribution in [1.82, 2.24) is 15.2 Å². The fourth-order valence-corrected chi connectivity index (χ4v) is 4.06. The van der Waals surface area contributed by atoms with Gasteiger partial charge in [0.15, 0.2) is 11.5 Å². The van der Waals surface area contributed by atoms with Crippen molar-refractivity contribution in [3.05, 3.63) is 54.0 Å². The minimum absolute atomic E-state index is 0.147. The zero-order valence-electron chi connectivity index (χ0n) is 18.7. The van der Waals surface area contributed by atoms with Gasteiger partial charge in [-0.15, -0.1) is 0 Å². The van der Waals surface area contributed by atoms with Gasteiger partial charge in [0, 0.05) is 29.2 Å². The lowest BCUT2D eigenvalue weighted by Gasteiger charge is -2.19. The maximum Gasteiger partial charge on any atom is 0.230 e. The van der Waals surface area contributed by atoms with Gasteiger partial charge in [-0.25, -0.2) is 0 Å². The second-order valence-corrected chi connectivity index (χ2v) is 8.13. The molecule has 7 heteroatoms. The van der Waals surface area contributed by atoms with Crippen molar-refractivity contribution in [3.8, 4) is 22.8 Å². The molecule has 1 aliphatic heterocycles. The van der Waals surface area contributed by atoms with Crippen LogP contribution in [-0.4, -0.2) is 34.3 Å². The number of aromatic amines is 1. The van der Waals surface area contributed by atoms with Gasteiger partial charge in [-0.3, -0.25) is 14.9 Å². The number of ether oxygens (including phenoxy) is 2. The summed E-state index contributed by atoms with van der Waals surface area (Å²) in [6.07, 6.45) is 6.39. The third-order valence-electron chi connectivity index (χ3n) is 5.73. The lowest BCUT2D eigenvalue weighted by Crippen LogP contribution is -2.18. The monoisotopic (exact) mass is 434 g/mol. The van der Waals surface area contributed by atoms with E-state index in [1.807, 2.05) is 24.3 Å². The Morgan fingerprint density at radius 1 is 1.16 bits per heavy atom. The van der Waals surface area contributed by atoms with E-state index in [2.05, 4.69) is 40.4 Å². The second kappa shape index (κ2) is 10.3. The topological polar surface area (TPSA) is 89.1 Å². The molecule has 1 unspecified atom stereocenters. The third-order valence-corrected chi connectivity index (χ3v) is 5.73. The molecule has 0 spiro atoms. The largest absolute Gasteiger partial charge is 0.486 e. The standard InChI is InChI=1S/C25H30N4O3/c1-3-6-17(4-2)13-19-14-22(29-28-19)20-7-5-10-26-21(20)16-25(30)27-18-8-9-23-24(15-18)32-12-11-31-23/h5,7-10,14-15,17H,3-4,6,11-13,16H2,1-2H3,(H,27,30)(H,28,29). The molecule has 1 aromatic carbocycles. The van der Waals surface area contributed by atoms with Crippen LogP contribution in [0.15, 0.2) is 42.6 Å². The fourth-order valence-electron chi connectivity index (χ4n) is 4.06. The zero-order valence-corrected chi connectivity index (χ0v) is 18.7. The molecule has 0 fully saturated rings. The van der Waals surface area contributed by atoms with Crippen LogP contribution in [0, 0.1) is 5.92 Å². The first-order valence-corrected chi connectivity index (χ1v) is 11.3. The van der Waals surface area contributed by atoms with Gasteiger partial charge in [0.2, 0.25) is 5.91 Å². The summed E-state index contributed by atoms with van der Waals surface area (Å²) in [7, 11) is 0. The quantitative estimate of drug-likeness (QED) is 0.505. The van der Waals surface area contributed by atoms with Crippen LogP contribution in [0.2, 0.25) is 0 Å². The molecular weight excluding hydrogens is 404 g/mol. The van der Waals surface area contributed by atoms with Gasteiger partial charge in [0.05, 0.1) is 17.8 Å². The molecule has 0 saturated heterocycles. The van der Waals surface area contributed by atoms with E-state index >= 15 is 0 Å². The zero-order chi connectivity index (χ0) is 22.3. The highest BCUT2D eigenvalue weighted by molar-refractivity contribution is 5.93. The van der Waals surface area contributed by atoms with Gasteiger partial charge in [0.1, 0.15) is 13.2 Å². The highest BCUT2D eigenvalue weighted by Crippen LogP contribution is 2.32. The van der Waals surface area contributed by atoms with Crippen molar-refractivity contribution in [1.29, 1.82) is 0 Å². The number of pyridine rings is 1. The minimum Gasteiger partial charge on any atom is -0.486 e. The summed E-state index contributed by atoms with van der Waals surface area (Å²) in [4.78, 5) is 17.2. The van der Waals surface area contributed by atoms with E-state index in [1.54, 1.807) is 12.3 Å².